The Bertz CT molecular complexity index is 977. The molecule has 29 heavy (non-hydrogen) atoms. The number of nitrogens with one attached hydrogen (secondary N) is 3. The Kier molecular flexibility index (Phi) is 7.54. The summed E-state index contributed by atoms with van der Waals surface area (Å²) >= 11 is 0. The average molecular weight is 420 g/mol. The van der Waals surface area contributed by atoms with Crippen LogP contribution < -0.4 is 16.0 Å². The molecule has 3 N–H and O–H groups in total. The van der Waals surface area contributed by atoms with Gasteiger partial charge >= 0.3 is 0 Å². The predicted molar refractivity (Wildman–Crippen MR) is 114 cm³/mol. The molecule has 0 aliphatic rings. The lowest BCUT2D eigenvalue weighted by molar-refractivity contribution is -0.384. The van der Waals surface area contributed by atoms with Gasteiger partial charge in [0.2, 0.25) is 0 Å². The fourth-order valence-corrected chi connectivity index (χ4v) is 3.29. The van der Waals surface area contributed by atoms with Gasteiger partial charge in [0.15, 0.2) is 15.8 Å². The van der Waals surface area contributed by atoms with Crippen LogP contribution in [0.4, 0.5) is 11.4 Å². The number of guanidine groups is 1. The molecule has 2 rings (SSSR count). The maximum absolute atomic E-state index is 11.6. The van der Waals surface area contributed by atoms with Crippen LogP contribution in [0.15, 0.2) is 58.4 Å². The van der Waals surface area contributed by atoms with Crippen molar-refractivity contribution in [3.8, 4) is 0 Å². The van der Waals surface area contributed by atoms with Crippen LogP contribution in [0.5, 0.6) is 0 Å². The molecule has 0 fully saturated rings. The van der Waals surface area contributed by atoms with Gasteiger partial charge in [-0.15, -0.1) is 0 Å². The summed E-state index contributed by atoms with van der Waals surface area (Å²) in [7, 11) is -1.86. The van der Waals surface area contributed by atoms with E-state index in [1.54, 1.807) is 7.05 Å². The number of nitro groups is 1. The molecule has 1 unspecified atom stereocenters. The van der Waals surface area contributed by atoms with E-state index in [1.807, 2.05) is 37.3 Å². The van der Waals surface area contributed by atoms with Crippen LogP contribution in [0, 0.1) is 10.1 Å². The Morgan fingerprint density at radius 3 is 2.45 bits per heavy atom. The molecule has 0 spiro atoms. The molecular formula is C19H25N5O4S. The number of hydrogen-bond acceptors (Lipinski definition) is 6. The van der Waals surface area contributed by atoms with Crippen molar-refractivity contribution in [2.45, 2.75) is 17.9 Å². The van der Waals surface area contributed by atoms with Gasteiger partial charge in [0.05, 0.1) is 15.9 Å². The number of sulfone groups is 1. The van der Waals surface area contributed by atoms with E-state index in [4.69, 9.17) is 0 Å². The normalized spacial score (nSPS) is 12.9. The molecule has 0 aromatic heterocycles. The Balaban J connectivity index is 1.93. The molecular weight excluding hydrogens is 394 g/mol. The molecule has 1 atom stereocenters. The highest BCUT2D eigenvalue weighted by Gasteiger charge is 2.18. The highest BCUT2D eigenvalue weighted by atomic mass is 32.2. The van der Waals surface area contributed by atoms with Crippen molar-refractivity contribution in [1.29, 1.82) is 0 Å². The summed E-state index contributed by atoms with van der Waals surface area (Å²) in [4.78, 5) is 14.7. The van der Waals surface area contributed by atoms with Crippen molar-refractivity contribution in [1.82, 2.24) is 10.6 Å². The minimum absolute atomic E-state index is 0.0555. The number of aliphatic imine (C=N–C) groups is 1. The second kappa shape index (κ2) is 9.87. The summed E-state index contributed by atoms with van der Waals surface area (Å²) < 4.78 is 23.2. The van der Waals surface area contributed by atoms with Crippen molar-refractivity contribution in [2.24, 2.45) is 4.99 Å². The minimum Gasteiger partial charge on any atom is -0.378 e. The van der Waals surface area contributed by atoms with Gasteiger partial charge in [0, 0.05) is 32.5 Å². The maximum atomic E-state index is 11.6. The molecule has 0 radical (unpaired) electrons. The molecule has 0 bridgehead atoms. The zero-order chi connectivity index (χ0) is 21.4. The van der Waals surface area contributed by atoms with Gasteiger partial charge in [-0.25, -0.2) is 8.42 Å². The van der Waals surface area contributed by atoms with Gasteiger partial charge in [-0.05, 0) is 24.6 Å². The van der Waals surface area contributed by atoms with Crippen LogP contribution >= 0.6 is 0 Å². The maximum Gasteiger partial charge on any atom is 0.293 e. The van der Waals surface area contributed by atoms with Gasteiger partial charge < -0.3 is 16.0 Å². The summed E-state index contributed by atoms with van der Waals surface area (Å²) in [6.07, 6.45) is 1.01. The smallest absolute Gasteiger partial charge is 0.293 e. The van der Waals surface area contributed by atoms with E-state index in [-0.39, 0.29) is 22.3 Å². The zero-order valence-electron chi connectivity index (χ0n) is 16.5. The first-order chi connectivity index (χ1) is 13.7. The van der Waals surface area contributed by atoms with E-state index in [0.717, 1.165) is 17.9 Å². The summed E-state index contributed by atoms with van der Waals surface area (Å²) in [6, 6.07) is 13.8. The lowest BCUT2D eigenvalue weighted by atomic mass is 10.1. The first-order valence-corrected chi connectivity index (χ1v) is 10.9. The van der Waals surface area contributed by atoms with Crippen molar-refractivity contribution >= 4 is 27.2 Å². The van der Waals surface area contributed by atoms with Crippen molar-refractivity contribution in [2.75, 3.05) is 31.7 Å². The van der Waals surface area contributed by atoms with Gasteiger partial charge in [-0.2, -0.15) is 0 Å². The van der Waals surface area contributed by atoms with Crippen LogP contribution in [0.1, 0.15) is 18.5 Å². The van der Waals surface area contributed by atoms with Crippen molar-refractivity contribution < 1.29 is 13.3 Å². The molecule has 9 nitrogen and oxygen atoms in total. The van der Waals surface area contributed by atoms with E-state index in [0.29, 0.717) is 19.0 Å². The quantitative estimate of drug-likeness (QED) is 0.197. The molecule has 2 aromatic rings. The summed E-state index contributed by atoms with van der Waals surface area (Å²) in [5, 5.41) is 20.6. The number of rotatable bonds is 8. The molecule has 0 saturated heterocycles. The number of nitrogens with zero attached hydrogens (tertiary/aromatic N) is 2. The van der Waals surface area contributed by atoms with Crippen LogP contribution in [-0.4, -0.2) is 45.7 Å². The highest BCUT2D eigenvalue weighted by molar-refractivity contribution is 7.90. The Morgan fingerprint density at radius 2 is 1.86 bits per heavy atom. The largest absolute Gasteiger partial charge is 0.378 e. The summed E-state index contributed by atoms with van der Waals surface area (Å²) in [5.74, 6) is 0.602. The number of benzene rings is 2. The van der Waals surface area contributed by atoms with E-state index >= 15 is 0 Å². The zero-order valence-corrected chi connectivity index (χ0v) is 17.4. The van der Waals surface area contributed by atoms with Crippen molar-refractivity contribution in [3.05, 3.63) is 64.2 Å². The topological polar surface area (TPSA) is 126 Å². The molecule has 0 saturated carbocycles. The fraction of sp³-hybridized carbons (Fsp3) is 0.316. The highest BCUT2D eigenvalue weighted by Crippen LogP contribution is 2.27. The standard InChI is InChI=1S/C19H25N5O4S/c1-14(15-7-5-4-6-8-15)23-19(20-2)22-12-11-21-17-10-9-16(29(3,27)28)13-18(17)24(25)26/h4-10,13-14,21H,11-12H2,1-3H3,(H2,20,22,23). The third kappa shape index (κ3) is 6.46. The minimum atomic E-state index is -3.52. The van der Waals surface area contributed by atoms with E-state index < -0.39 is 14.8 Å². The molecule has 10 heteroatoms. The number of hydrogen-bond donors (Lipinski definition) is 3. The molecule has 0 aliphatic heterocycles. The first-order valence-electron chi connectivity index (χ1n) is 8.97. The second-order valence-corrected chi connectivity index (χ2v) is 8.43. The van der Waals surface area contributed by atoms with Crippen LogP contribution in [0.3, 0.4) is 0 Å². The monoisotopic (exact) mass is 419 g/mol. The lowest BCUT2D eigenvalue weighted by Gasteiger charge is -2.18. The molecule has 156 valence electrons. The molecule has 0 heterocycles. The average Bonchev–Trinajstić information content (AvgIpc) is 2.69. The van der Waals surface area contributed by atoms with Gasteiger partial charge in [0.25, 0.3) is 5.69 Å². The van der Waals surface area contributed by atoms with E-state index in [9.17, 15) is 18.5 Å². The number of nitro benzene ring substituents is 1. The molecule has 2 aromatic carbocycles. The van der Waals surface area contributed by atoms with Crippen LogP contribution in [-0.2, 0) is 9.84 Å². The van der Waals surface area contributed by atoms with Gasteiger partial charge in [-0.3, -0.25) is 15.1 Å². The SMILES string of the molecule is CN=C(NCCNc1ccc(S(C)(=O)=O)cc1[N+](=O)[O-])NC(C)c1ccccc1. The Morgan fingerprint density at radius 1 is 1.17 bits per heavy atom. The first kappa shape index (κ1) is 22.2. The van der Waals surface area contributed by atoms with E-state index in [1.165, 1.54) is 12.1 Å². The van der Waals surface area contributed by atoms with E-state index in [2.05, 4.69) is 20.9 Å². The van der Waals surface area contributed by atoms with Crippen LogP contribution in [0.25, 0.3) is 0 Å². The predicted octanol–water partition coefficient (Wildman–Crippen LogP) is 2.34. The van der Waals surface area contributed by atoms with Gasteiger partial charge in [0.1, 0.15) is 5.69 Å². The third-order valence-corrected chi connectivity index (χ3v) is 5.31. The Labute approximate surface area is 170 Å². The fourth-order valence-electron chi connectivity index (χ4n) is 2.65. The molecule has 0 amide bonds. The summed E-state index contributed by atoms with van der Waals surface area (Å²) in [6.45, 7) is 2.85. The summed E-state index contributed by atoms with van der Waals surface area (Å²) in [5.41, 5.74) is 1.09. The number of anilines is 1. The molecule has 0 aliphatic carbocycles. The lowest BCUT2D eigenvalue weighted by Crippen LogP contribution is -2.40. The second-order valence-electron chi connectivity index (χ2n) is 6.41. The van der Waals surface area contributed by atoms with Crippen LogP contribution in [0.2, 0.25) is 0 Å². The van der Waals surface area contributed by atoms with Crippen molar-refractivity contribution in [3.63, 3.8) is 0 Å². The van der Waals surface area contributed by atoms with Gasteiger partial charge in [-0.1, -0.05) is 30.3 Å². The Hall–Kier alpha value is -3.14. The third-order valence-electron chi connectivity index (χ3n) is 4.20.